The van der Waals surface area contributed by atoms with Gasteiger partial charge in [-0.3, -0.25) is 14.3 Å². The maximum absolute atomic E-state index is 12.9. The Bertz CT molecular complexity index is 1020. The molecule has 0 radical (unpaired) electrons. The summed E-state index contributed by atoms with van der Waals surface area (Å²) < 4.78 is 8.95. The number of anilines is 1. The van der Waals surface area contributed by atoms with Crippen LogP contribution in [-0.2, 0) is 11.8 Å². The lowest BCUT2D eigenvalue weighted by molar-refractivity contribution is -0.122. The lowest BCUT2D eigenvalue weighted by Crippen LogP contribution is -2.32. The molecule has 0 saturated heterocycles. The van der Waals surface area contributed by atoms with Crippen LogP contribution in [0.25, 0.3) is 5.69 Å². The minimum atomic E-state index is -0.740. The number of aryl methyl sites for hydroxylation is 1. The van der Waals surface area contributed by atoms with Crippen molar-refractivity contribution in [3.63, 3.8) is 0 Å². The third-order valence-electron chi connectivity index (χ3n) is 4.47. The van der Waals surface area contributed by atoms with E-state index in [4.69, 9.17) is 4.74 Å². The van der Waals surface area contributed by atoms with E-state index >= 15 is 0 Å². The topological polar surface area (TPSA) is 65.3 Å². The van der Waals surface area contributed by atoms with Gasteiger partial charge >= 0.3 is 0 Å². The van der Waals surface area contributed by atoms with E-state index in [9.17, 15) is 9.59 Å². The first-order valence-electron chi connectivity index (χ1n) is 8.76. The van der Waals surface area contributed by atoms with Gasteiger partial charge in [-0.1, -0.05) is 30.3 Å². The summed E-state index contributed by atoms with van der Waals surface area (Å²) in [6, 6.07) is 16.8. The zero-order valence-electron chi connectivity index (χ0n) is 15.9. The van der Waals surface area contributed by atoms with E-state index in [1.807, 2.05) is 55.5 Å². The van der Waals surface area contributed by atoms with Gasteiger partial charge in [-0.05, 0) is 50.6 Å². The number of nitrogens with one attached hydrogen (secondary N) is 1. The number of carbonyl (C=O) groups excluding carboxylic acids is 1. The van der Waals surface area contributed by atoms with Gasteiger partial charge in [0.15, 0.2) is 6.10 Å². The SMILES string of the molecule is Cc1cccc(O[C@H](C)C(=O)Nc2c(C)n(C)n(-c3ccccc3)c2=O)c1. The molecule has 27 heavy (non-hydrogen) atoms. The van der Waals surface area contributed by atoms with Crippen molar-refractivity contribution in [1.29, 1.82) is 0 Å². The molecule has 1 heterocycles. The first kappa shape index (κ1) is 18.5. The van der Waals surface area contributed by atoms with Crippen LogP contribution in [0, 0.1) is 13.8 Å². The summed E-state index contributed by atoms with van der Waals surface area (Å²) in [6.45, 7) is 5.41. The van der Waals surface area contributed by atoms with Crippen LogP contribution in [0.2, 0.25) is 0 Å². The third-order valence-corrected chi connectivity index (χ3v) is 4.47. The van der Waals surface area contributed by atoms with Crippen LogP contribution in [0.1, 0.15) is 18.2 Å². The van der Waals surface area contributed by atoms with Gasteiger partial charge in [0.05, 0.1) is 11.4 Å². The fourth-order valence-corrected chi connectivity index (χ4v) is 2.88. The highest BCUT2D eigenvalue weighted by atomic mass is 16.5. The molecule has 140 valence electrons. The van der Waals surface area contributed by atoms with Crippen LogP contribution in [0.4, 0.5) is 5.69 Å². The highest BCUT2D eigenvalue weighted by Gasteiger charge is 2.21. The Morgan fingerprint density at radius 3 is 2.44 bits per heavy atom. The molecule has 1 N–H and O–H groups in total. The average Bonchev–Trinajstić information content (AvgIpc) is 2.85. The smallest absolute Gasteiger partial charge is 0.295 e. The number of nitrogens with zero attached hydrogens (tertiary/aromatic N) is 2. The number of aromatic nitrogens is 2. The van der Waals surface area contributed by atoms with E-state index in [1.165, 1.54) is 4.68 Å². The molecule has 0 aliphatic heterocycles. The Labute approximate surface area is 158 Å². The van der Waals surface area contributed by atoms with Gasteiger partial charge in [-0.25, -0.2) is 4.68 Å². The summed E-state index contributed by atoms with van der Waals surface area (Å²) in [5, 5.41) is 2.73. The third kappa shape index (κ3) is 3.79. The summed E-state index contributed by atoms with van der Waals surface area (Å²) in [5.41, 5.74) is 2.42. The summed E-state index contributed by atoms with van der Waals surface area (Å²) >= 11 is 0. The molecule has 0 bridgehead atoms. The molecule has 0 spiro atoms. The van der Waals surface area contributed by atoms with Gasteiger partial charge in [0, 0.05) is 7.05 Å². The number of para-hydroxylation sites is 1. The second-order valence-electron chi connectivity index (χ2n) is 6.50. The molecule has 1 atom stereocenters. The normalized spacial score (nSPS) is 11.9. The Hall–Kier alpha value is -3.28. The van der Waals surface area contributed by atoms with Crippen molar-refractivity contribution in [2.75, 3.05) is 5.32 Å². The van der Waals surface area contributed by atoms with Gasteiger partial charge in [-0.2, -0.15) is 0 Å². The van der Waals surface area contributed by atoms with E-state index in [-0.39, 0.29) is 17.2 Å². The summed E-state index contributed by atoms with van der Waals surface area (Å²) in [6.07, 6.45) is -0.740. The molecule has 0 unspecified atom stereocenters. The van der Waals surface area contributed by atoms with Gasteiger partial charge in [0.2, 0.25) is 0 Å². The van der Waals surface area contributed by atoms with Crippen LogP contribution < -0.4 is 15.6 Å². The number of benzene rings is 2. The fraction of sp³-hybridized carbons (Fsp3) is 0.238. The minimum absolute atomic E-state index is 0.256. The molecule has 1 aromatic heterocycles. The summed E-state index contributed by atoms with van der Waals surface area (Å²) in [7, 11) is 1.78. The molecule has 6 nitrogen and oxygen atoms in total. The quantitative estimate of drug-likeness (QED) is 0.755. The predicted molar refractivity (Wildman–Crippen MR) is 106 cm³/mol. The van der Waals surface area contributed by atoms with Crippen molar-refractivity contribution in [2.24, 2.45) is 7.05 Å². The van der Waals surface area contributed by atoms with E-state index in [0.717, 1.165) is 11.3 Å². The second-order valence-corrected chi connectivity index (χ2v) is 6.50. The molecule has 0 fully saturated rings. The fourth-order valence-electron chi connectivity index (χ4n) is 2.88. The number of hydrogen-bond acceptors (Lipinski definition) is 3. The monoisotopic (exact) mass is 365 g/mol. The highest BCUT2D eigenvalue weighted by molar-refractivity contribution is 5.94. The molecular weight excluding hydrogens is 342 g/mol. The number of carbonyl (C=O) groups is 1. The Kier molecular flexibility index (Phi) is 5.16. The van der Waals surface area contributed by atoms with Crippen LogP contribution in [-0.4, -0.2) is 21.4 Å². The van der Waals surface area contributed by atoms with Gasteiger partial charge in [0.1, 0.15) is 11.4 Å². The van der Waals surface area contributed by atoms with Crippen molar-refractivity contribution in [3.8, 4) is 11.4 Å². The first-order chi connectivity index (χ1) is 12.9. The molecule has 1 amide bonds. The molecule has 0 aliphatic rings. The van der Waals surface area contributed by atoms with E-state index < -0.39 is 6.10 Å². The Morgan fingerprint density at radius 1 is 1.07 bits per heavy atom. The number of ether oxygens (including phenoxy) is 1. The van der Waals surface area contributed by atoms with E-state index in [0.29, 0.717) is 11.4 Å². The molecule has 2 aromatic carbocycles. The number of hydrogen-bond donors (Lipinski definition) is 1. The molecular formula is C21H23N3O3. The molecule has 0 saturated carbocycles. The molecule has 3 rings (SSSR count). The maximum Gasteiger partial charge on any atom is 0.295 e. The van der Waals surface area contributed by atoms with Crippen LogP contribution in [0.15, 0.2) is 59.4 Å². The highest BCUT2D eigenvalue weighted by Crippen LogP contribution is 2.17. The van der Waals surface area contributed by atoms with Crippen molar-refractivity contribution < 1.29 is 9.53 Å². The first-order valence-corrected chi connectivity index (χ1v) is 8.76. The lowest BCUT2D eigenvalue weighted by atomic mass is 10.2. The zero-order valence-corrected chi connectivity index (χ0v) is 15.9. The standard InChI is InChI=1S/C21H23N3O3/c1-14-9-8-12-18(13-14)27-16(3)20(25)22-19-15(2)23(4)24(21(19)26)17-10-6-5-7-11-17/h5-13,16H,1-4H3,(H,22,25)/t16-/m1/s1. The summed E-state index contributed by atoms with van der Waals surface area (Å²) in [4.78, 5) is 25.4. The van der Waals surface area contributed by atoms with Gasteiger partial charge < -0.3 is 10.1 Å². The van der Waals surface area contributed by atoms with E-state index in [2.05, 4.69) is 5.32 Å². The van der Waals surface area contributed by atoms with E-state index in [1.54, 1.807) is 31.6 Å². The van der Waals surface area contributed by atoms with Crippen LogP contribution in [0.3, 0.4) is 0 Å². The van der Waals surface area contributed by atoms with Gasteiger partial charge in [-0.15, -0.1) is 0 Å². The van der Waals surface area contributed by atoms with Crippen LogP contribution in [0.5, 0.6) is 5.75 Å². The van der Waals surface area contributed by atoms with Crippen LogP contribution >= 0.6 is 0 Å². The van der Waals surface area contributed by atoms with Crippen molar-refractivity contribution in [2.45, 2.75) is 26.9 Å². The number of rotatable bonds is 5. The van der Waals surface area contributed by atoms with Crippen molar-refractivity contribution >= 4 is 11.6 Å². The predicted octanol–water partition coefficient (Wildman–Crippen LogP) is 3.20. The zero-order chi connectivity index (χ0) is 19.6. The second kappa shape index (κ2) is 7.53. The number of amides is 1. The summed E-state index contributed by atoms with van der Waals surface area (Å²) in [5.74, 6) is 0.242. The lowest BCUT2D eigenvalue weighted by Gasteiger charge is -2.14. The largest absolute Gasteiger partial charge is 0.481 e. The minimum Gasteiger partial charge on any atom is -0.481 e. The van der Waals surface area contributed by atoms with Crippen molar-refractivity contribution in [1.82, 2.24) is 9.36 Å². The molecule has 3 aromatic rings. The molecule has 6 heteroatoms. The van der Waals surface area contributed by atoms with Gasteiger partial charge in [0.25, 0.3) is 11.5 Å². The Balaban J connectivity index is 1.83. The molecule has 0 aliphatic carbocycles. The maximum atomic E-state index is 12.9. The average molecular weight is 365 g/mol. The van der Waals surface area contributed by atoms with Crippen molar-refractivity contribution in [3.05, 3.63) is 76.2 Å². The Morgan fingerprint density at radius 2 is 1.78 bits per heavy atom.